The first-order valence-electron chi connectivity index (χ1n) is 2.90. The molecule has 60 valence electrons. The van der Waals surface area contributed by atoms with Gasteiger partial charge in [-0.1, -0.05) is 16.4 Å². The zero-order valence-corrected chi connectivity index (χ0v) is 7.28. The molecule has 0 bridgehead atoms. The minimum absolute atomic E-state index is 0.162. The Kier molecular flexibility index (Phi) is 2.78. The van der Waals surface area contributed by atoms with Crippen molar-refractivity contribution in [1.82, 2.24) is 10.2 Å². The van der Waals surface area contributed by atoms with Crippen LogP contribution in [-0.4, -0.2) is 22.0 Å². The summed E-state index contributed by atoms with van der Waals surface area (Å²) in [5.74, 6) is 0. The lowest BCUT2D eigenvalue weighted by Crippen LogP contribution is -1.89. The first kappa shape index (κ1) is 8.42. The molecule has 1 rings (SSSR count). The Balaban J connectivity index is 2.73. The van der Waals surface area contributed by atoms with Gasteiger partial charge < -0.3 is 4.74 Å². The van der Waals surface area contributed by atoms with Gasteiger partial charge in [0.05, 0.1) is 6.61 Å². The first-order valence-corrected chi connectivity index (χ1v) is 4.09. The molecule has 6 heteroatoms. The summed E-state index contributed by atoms with van der Waals surface area (Å²) < 4.78 is 4.97. The predicted octanol–water partition coefficient (Wildman–Crippen LogP) is 1.32. The van der Waals surface area contributed by atoms with Crippen LogP contribution in [0.15, 0.2) is 0 Å². The SMILES string of the molecule is CCOc1nnc(C(=O)Cl)s1. The lowest BCUT2D eigenvalue weighted by Gasteiger charge is -1.90. The molecule has 1 aromatic rings. The maximum Gasteiger partial charge on any atom is 0.294 e. The summed E-state index contributed by atoms with van der Waals surface area (Å²) in [6.45, 7) is 2.33. The fraction of sp³-hybridized carbons (Fsp3) is 0.400. The highest BCUT2D eigenvalue weighted by molar-refractivity contribution is 7.16. The Morgan fingerprint density at radius 1 is 1.73 bits per heavy atom. The zero-order chi connectivity index (χ0) is 8.27. The van der Waals surface area contributed by atoms with Gasteiger partial charge in [0.2, 0.25) is 5.01 Å². The Morgan fingerprint density at radius 3 is 2.91 bits per heavy atom. The third kappa shape index (κ3) is 2.13. The second kappa shape index (κ2) is 3.64. The van der Waals surface area contributed by atoms with E-state index in [4.69, 9.17) is 16.3 Å². The van der Waals surface area contributed by atoms with Crippen molar-refractivity contribution in [3.8, 4) is 5.19 Å². The predicted molar refractivity (Wildman–Crippen MR) is 41.3 cm³/mol. The van der Waals surface area contributed by atoms with Gasteiger partial charge in [-0.25, -0.2) is 0 Å². The van der Waals surface area contributed by atoms with Crippen molar-refractivity contribution in [2.45, 2.75) is 6.92 Å². The van der Waals surface area contributed by atoms with Crippen LogP contribution >= 0.6 is 22.9 Å². The molecule has 0 aliphatic heterocycles. The van der Waals surface area contributed by atoms with E-state index in [1.54, 1.807) is 0 Å². The molecule has 4 nitrogen and oxygen atoms in total. The quantitative estimate of drug-likeness (QED) is 0.678. The fourth-order valence-electron chi connectivity index (χ4n) is 0.471. The number of carbonyl (C=O) groups is 1. The second-order valence-electron chi connectivity index (χ2n) is 1.58. The van der Waals surface area contributed by atoms with Crippen LogP contribution in [0.2, 0.25) is 0 Å². The monoisotopic (exact) mass is 192 g/mol. The number of hydrogen-bond donors (Lipinski definition) is 0. The van der Waals surface area contributed by atoms with Gasteiger partial charge >= 0.3 is 0 Å². The number of halogens is 1. The minimum Gasteiger partial charge on any atom is -0.469 e. The first-order chi connectivity index (χ1) is 5.24. The highest BCUT2D eigenvalue weighted by Gasteiger charge is 2.09. The Labute approximate surface area is 72.2 Å². The van der Waals surface area contributed by atoms with Gasteiger partial charge in [-0.05, 0) is 18.5 Å². The van der Waals surface area contributed by atoms with Crippen molar-refractivity contribution < 1.29 is 9.53 Å². The van der Waals surface area contributed by atoms with Crippen molar-refractivity contribution >= 4 is 28.2 Å². The van der Waals surface area contributed by atoms with E-state index in [0.717, 1.165) is 11.3 Å². The average Bonchev–Trinajstić information content (AvgIpc) is 2.37. The largest absolute Gasteiger partial charge is 0.469 e. The van der Waals surface area contributed by atoms with Crippen LogP contribution in [0, 0.1) is 0 Å². The molecule has 0 aliphatic rings. The van der Waals surface area contributed by atoms with Gasteiger partial charge in [-0.15, -0.1) is 5.10 Å². The number of nitrogens with zero attached hydrogens (tertiary/aromatic N) is 2. The summed E-state index contributed by atoms with van der Waals surface area (Å²) in [4.78, 5) is 10.5. The number of hydrogen-bond acceptors (Lipinski definition) is 5. The highest BCUT2D eigenvalue weighted by Crippen LogP contribution is 2.18. The van der Waals surface area contributed by atoms with Gasteiger partial charge in [-0.2, -0.15) is 0 Å². The van der Waals surface area contributed by atoms with E-state index < -0.39 is 5.24 Å². The molecule has 0 saturated heterocycles. The number of aromatic nitrogens is 2. The van der Waals surface area contributed by atoms with E-state index in [-0.39, 0.29) is 5.01 Å². The van der Waals surface area contributed by atoms with Crippen molar-refractivity contribution in [2.24, 2.45) is 0 Å². The van der Waals surface area contributed by atoms with E-state index in [0.29, 0.717) is 11.8 Å². The molecule has 0 saturated carbocycles. The van der Waals surface area contributed by atoms with E-state index in [1.165, 1.54) is 0 Å². The van der Waals surface area contributed by atoms with Crippen molar-refractivity contribution in [3.63, 3.8) is 0 Å². The molecular formula is C5H5ClN2O2S. The summed E-state index contributed by atoms with van der Waals surface area (Å²) in [6.07, 6.45) is 0. The van der Waals surface area contributed by atoms with E-state index in [9.17, 15) is 4.79 Å². The molecule has 1 heterocycles. The van der Waals surface area contributed by atoms with E-state index in [1.807, 2.05) is 6.92 Å². The molecule has 0 atom stereocenters. The topological polar surface area (TPSA) is 52.1 Å². The molecular weight excluding hydrogens is 188 g/mol. The summed E-state index contributed by atoms with van der Waals surface area (Å²) in [7, 11) is 0. The molecule has 0 N–H and O–H groups in total. The number of carbonyl (C=O) groups excluding carboxylic acids is 1. The van der Waals surface area contributed by atoms with Gasteiger partial charge in [0.1, 0.15) is 0 Å². The summed E-state index contributed by atoms with van der Waals surface area (Å²) >= 11 is 6.17. The molecule has 0 amide bonds. The zero-order valence-electron chi connectivity index (χ0n) is 5.70. The van der Waals surface area contributed by atoms with Gasteiger partial charge in [-0.3, -0.25) is 4.79 Å². The maximum atomic E-state index is 10.5. The van der Waals surface area contributed by atoms with Crippen LogP contribution < -0.4 is 4.74 Å². The molecule has 0 aliphatic carbocycles. The smallest absolute Gasteiger partial charge is 0.294 e. The lowest BCUT2D eigenvalue weighted by molar-refractivity contribution is 0.108. The Morgan fingerprint density at radius 2 is 2.45 bits per heavy atom. The standard InChI is InChI=1S/C5H5ClN2O2S/c1-2-10-5-8-7-4(11-5)3(6)9/h2H2,1H3. The molecule has 0 fully saturated rings. The van der Waals surface area contributed by atoms with Crippen LogP contribution in [0.3, 0.4) is 0 Å². The number of ether oxygens (including phenoxy) is 1. The fourth-order valence-corrected chi connectivity index (χ4v) is 1.21. The molecule has 0 aromatic carbocycles. The number of rotatable bonds is 3. The second-order valence-corrected chi connectivity index (χ2v) is 2.86. The Bertz CT molecular complexity index is 263. The molecule has 11 heavy (non-hydrogen) atoms. The average molecular weight is 193 g/mol. The van der Waals surface area contributed by atoms with E-state index in [2.05, 4.69) is 10.2 Å². The molecule has 0 radical (unpaired) electrons. The van der Waals surface area contributed by atoms with Crippen LogP contribution in [0.5, 0.6) is 5.19 Å². The van der Waals surface area contributed by atoms with E-state index >= 15 is 0 Å². The maximum absolute atomic E-state index is 10.5. The normalized spacial score (nSPS) is 9.64. The molecule has 1 aromatic heterocycles. The van der Waals surface area contributed by atoms with Gasteiger partial charge in [0, 0.05) is 0 Å². The Hall–Kier alpha value is -0.680. The van der Waals surface area contributed by atoms with Crippen LogP contribution in [0.4, 0.5) is 0 Å². The summed E-state index contributed by atoms with van der Waals surface area (Å²) in [5, 5.41) is 7.00. The van der Waals surface area contributed by atoms with Crippen molar-refractivity contribution in [1.29, 1.82) is 0 Å². The summed E-state index contributed by atoms with van der Waals surface area (Å²) in [6, 6.07) is 0. The summed E-state index contributed by atoms with van der Waals surface area (Å²) in [5.41, 5.74) is 0. The van der Waals surface area contributed by atoms with Crippen molar-refractivity contribution in [2.75, 3.05) is 6.61 Å². The third-order valence-electron chi connectivity index (χ3n) is 0.842. The highest BCUT2D eigenvalue weighted by atomic mass is 35.5. The van der Waals surface area contributed by atoms with Gasteiger partial charge in [0.15, 0.2) is 0 Å². The van der Waals surface area contributed by atoms with Gasteiger partial charge in [0.25, 0.3) is 10.4 Å². The van der Waals surface area contributed by atoms with Crippen molar-refractivity contribution in [3.05, 3.63) is 5.01 Å². The molecule has 0 spiro atoms. The van der Waals surface area contributed by atoms with Crippen LogP contribution in [-0.2, 0) is 0 Å². The third-order valence-corrected chi connectivity index (χ3v) is 1.97. The van der Waals surface area contributed by atoms with Crippen LogP contribution in [0.25, 0.3) is 0 Å². The minimum atomic E-state index is -0.603. The van der Waals surface area contributed by atoms with Crippen LogP contribution in [0.1, 0.15) is 16.7 Å². The molecule has 0 unspecified atom stereocenters. The lowest BCUT2D eigenvalue weighted by atomic mass is 10.8.